The molecular formula is C82H50F3N7. The van der Waals surface area contributed by atoms with Crippen molar-refractivity contribution in [2.45, 2.75) is 6.18 Å². The van der Waals surface area contributed by atoms with E-state index in [1.807, 2.05) is 243 Å². The average molecular weight is 1190 g/mol. The molecule has 0 bridgehead atoms. The standard InChI is InChI=1S/C82H50F3N7/c83-82(84,85)80-79(91-75-37-28-57(62-24-33-71(87-48-62)53-15-5-1-6-16-53)43-67(75)68-44-58(29-38-76(68)91)63-25-34-72(88-49-63)54-17-7-2-8-18-54)41-32-66(61-23-13-14-52(42-61)47-86)81(80)92-77-39-30-59(64-26-35-73(89-50-64)55-19-9-3-10-20-55)45-69(77)70-46-60(31-40-78(70)92)65-27-36-74(90-51-65)56-21-11-4-12-22-56/h1-46,48-51H. The van der Waals surface area contributed by atoms with Crippen LogP contribution in [0.3, 0.4) is 0 Å². The van der Waals surface area contributed by atoms with Crippen LogP contribution in [-0.2, 0) is 6.18 Å². The molecule has 0 aliphatic carbocycles. The van der Waals surface area contributed by atoms with E-state index in [0.717, 1.165) is 111 Å². The number of rotatable bonds is 11. The Labute approximate surface area is 527 Å². The zero-order valence-electron chi connectivity index (χ0n) is 49.1. The van der Waals surface area contributed by atoms with Crippen molar-refractivity contribution < 1.29 is 13.2 Å². The van der Waals surface area contributed by atoms with Crippen molar-refractivity contribution in [2.75, 3.05) is 0 Å². The van der Waals surface area contributed by atoms with Crippen molar-refractivity contribution in [2.24, 2.45) is 0 Å². The van der Waals surface area contributed by atoms with E-state index in [4.69, 9.17) is 19.9 Å². The van der Waals surface area contributed by atoms with Crippen LogP contribution in [0.5, 0.6) is 0 Å². The second-order valence-electron chi connectivity index (χ2n) is 22.8. The number of pyridine rings is 4. The van der Waals surface area contributed by atoms with Crippen molar-refractivity contribution in [1.29, 1.82) is 5.26 Å². The van der Waals surface area contributed by atoms with Gasteiger partial charge < -0.3 is 9.13 Å². The Morgan fingerprint density at radius 2 is 0.620 bits per heavy atom. The van der Waals surface area contributed by atoms with Gasteiger partial charge in [0.05, 0.1) is 67.8 Å². The molecule has 6 heterocycles. The molecule has 0 aliphatic rings. The Kier molecular flexibility index (Phi) is 13.6. The fraction of sp³-hybridized carbons (Fsp3) is 0.0122. The topological polar surface area (TPSA) is 85.2 Å². The highest BCUT2D eigenvalue weighted by Gasteiger charge is 2.41. The van der Waals surface area contributed by atoms with Gasteiger partial charge in [0.25, 0.3) is 0 Å². The van der Waals surface area contributed by atoms with Crippen molar-refractivity contribution >= 4 is 43.6 Å². The highest BCUT2D eigenvalue weighted by Crippen LogP contribution is 2.49. The summed E-state index contributed by atoms with van der Waals surface area (Å²) >= 11 is 0. The number of hydrogen-bond donors (Lipinski definition) is 0. The number of nitrogens with zero attached hydrogens (tertiary/aromatic N) is 7. The van der Waals surface area contributed by atoms with E-state index in [1.54, 1.807) is 45.5 Å². The summed E-state index contributed by atoms with van der Waals surface area (Å²) in [7, 11) is 0. The first-order chi connectivity index (χ1) is 45.2. The molecule has 0 saturated carbocycles. The summed E-state index contributed by atoms with van der Waals surface area (Å²) in [6.45, 7) is 0. The van der Waals surface area contributed by atoms with Crippen LogP contribution in [0.25, 0.3) is 156 Å². The highest BCUT2D eigenvalue weighted by molar-refractivity contribution is 6.14. The third kappa shape index (κ3) is 9.91. The third-order valence-corrected chi connectivity index (χ3v) is 17.4. The number of hydrogen-bond acceptors (Lipinski definition) is 5. The van der Waals surface area contributed by atoms with E-state index in [0.29, 0.717) is 33.2 Å². The lowest BCUT2D eigenvalue weighted by atomic mass is 9.96. The van der Waals surface area contributed by atoms with Gasteiger partial charge in [0.1, 0.15) is 5.56 Å². The molecule has 434 valence electrons. The summed E-state index contributed by atoms with van der Waals surface area (Å²) < 4.78 is 56.3. The number of fused-ring (bicyclic) bond motifs is 6. The van der Waals surface area contributed by atoms with Gasteiger partial charge in [-0.05, 0) is 119 Å². The fourth-order valence-corrected chi connectivity index (χ4v) is 12.9. The van der Waals surface area contributed by atoms with E-state index in [9.17, 15) is 5.26 Å². The molecule has 0 amide bonds. The summed E-state index contributed by atoms with van der Waals surface area (Å²) in [4.78, 5) is 19.5. The van der Waals surface area contributed by atoms with Crippen LogP contribution in [0.1, 0.15) is 11.1 Å². The first kappa shape index (κ1) is 55.0. The molecular weight excluding hydrogens is 1140 g/mol. The maximum absolute atomic E-state index is 17.6. The minimum atomic E-state index is -4.98. The van der Waals surface area contributed by atoms with Gasteiger partial charge in [-0.2, -0.15) is 18.4 Å². The van der Waals surface area contributed by atoms with Gasteiger partial charge in [-0.25, -0.2) is 0 Å². The van der Waals surface area contributed by atoms with Gasteiger partial charge in [0, 0.05) is 96.4 Å². The lowest BCUT2D eigenvalue weighted by Crippen LogP contribution is -2.17. The highest BCUT2D eigenvalue weighted by atomic mass is 19.4. The molecule has 0 radical (unpaired) electrons. The lowest BCUT2D eigenvalue weighted by Gasteiger charge is -2.24. The smallest absolute Gasteiger partial charge is 0.309 e. The molecule has 10 heteroatoms. The minimum Gasteiger partial charge on any atom is -0.309 e. The number of halogens is 3. The summed E-state index contributed by atoms with van der Waals surface area (Å²) in [6.07, 6.45) is 2.39. The molecule has 0 spiro atoms. The van der Waals surface area contributed by atoms with Crippen molar-refractivity contribution in [3.63, 3.8) is 0 Å². The van der Waals surface area contributed by atoms with Crippen molar-refractivity contribution in [1.82, 2.24) is 29.1 Å². The van der Waals surface area contributed by atoms with E-state index >= 15 is 13.2 Å². The normalized spacial score (nSPS) is 11.6. The van der Waals surface area contributed by atoms with Gasteiger partial charge in [-0.3, -0.25) is 19.9 Å². The second kappa shape index (κ2) is 22.7. The van der Waals surface area contributed by atoms with Gasteiger partial charge in [0.2, 0.25) is 0 Å². The molecule has 7 nitrogen and oxygen atoms in total. The Bertz CT molecular complexity index is 5230. The lowest BCUT2D eigenvalue weighted by molar-refractivity contribution is -0.137. The number of aromatic nitrogens is 6. The summed E-state index contributed by atoms with van der Waals surface area (Å²) in [5, 5.41) is 13.3. The molecule has 0 aliphatic heterocycles. The Hall–Kier alpha value is -12.3. The maximum Gasteiger partial charge on any atom is 0.420 e. The van der Waals surface area contributed by atoms with Crippen LogP contribution in [0.4, 0.5) is 13.2 Å². The van der Waals surface area contributed by atoms with Crippen LogP contribution in [-0.4, -0.2) is 29.1 Å². The molecule has 0 unspecified atom stereocenters. The predicted molar refractivity (Wildman–Crippen MR) is 365 cm³/mol. The number of nitriles is 1. The van der Waals surface area contributed by atoms with Crippen molar-refractivity contribution in [3.8, 4) is 118 Å². The number of alkyl halides is 3. The molecule has 92 heavy (non-hydrogen) atoms. The van der Waals surface area contributed by atoms with Gasteiger partial charge in [0.15, 0.2) is 0 Å². The predicted octanol–water partition coefficient (Wildman–Crippen LogP) is 21.4. The molecule has 6 aromatic heterocycles. The first-order valence-electron chi connectivity index (χ1n) is 30.2. The second-order valence-corrected chi connectivity index (χ2v) is 22.8. The Morgan fingerprint density at radius 1 is 0.293 bits per heavy atom. The maximum atomic E-state index is 17.6. The molecule has 16 rings (SSSR count). The van der Waals surface area contributed by atoms with Gasteiger partial charge >= 0.3 is 6.18 Å². The monoisotopic (exact) mass is 1190 g/mol. The van der Waals surface area contributed by atoms with E-state index < -0.39 is 11.7 Å². The minimum absolute atomic E-state index is 0.0756. The van der Waals surface area contributed by atoms with Gasteiger partial charge in [-0.1, -0.05) is 188 Å². The van der Waals surface area contributed by atoms with E-state index in [-0.39, 0.29) is 16.9 Å². The molecule has 0 saturated heterocycles. The fourth-order valence-electron chi connectivity index (χ4n) is 12.9. The average Bonchev–Trinajstić information content (AvgIpc) is 1.52. The molecule has 16 aromatic rings. The zero-order valence-corrected chi connectivity index (χ0v) is 49.1. The van der Waals surface area contributed by atoms with E-state index in [2.05, 4.69) is 30.3 Å². The quantitative estimate of drug-likeness (QED) is 0.129. The van der Waals surface area contributed by atoms with Crippen molar-refractivity contribution in [3.05, 3.63) is 315 Å². The van der Waals surface area contributed by atoms with Crippen LogP contribution in [0.15, 0.2) is 304 Å². The number of benzene rings is 10. The van der Waals surface area contributed by atoms with Crippen LogP contribution >= 0.6 is 0 Å². The third-order valence-electron chi connectivity index (χ3n) is 17.4. The summed E-state index contributed by atoms with van der Waals surface area (Å²) in [5.41, 5.74) is 16.2. The zero-order chi connectivity index (χ0) is 61.9. The Morgan fingerprint density at radius 3 is 0.935 bits per heavy atom. The summed E-state index contributed by atoms with van der Waals surface area (Å²) in [6, 6.07) is 92.1. The Balaban J connectivity index is 0.941. The largest absolute Gasteiger partial charge is 0.420 e. The molecule has 0 atom stereocenters. The summed E-state index contributed by atoms with van der Waals surface area (Å²) in [5.74, 6) is 0. The van der Waals surface area contributed by atoms with E-state index in [1.165, 1.54) is 0 Å². The molecule has 0 fully saturated rings. The van der Waals surface area contributed by atoms with Crippen LogP contribution in [0, 0.1) is 11.3 Å². The first-order valence-corrected chi connectivity index (χ1v) is 30.2. The van der Waals surface area contributed by atoms with Crippen LogP contribution in [0.2, 0.25) is 0 Å². The molecule has 0 N–H and O–H groups in total. The molecule has 10 aromatic carbocycles. The van der Waals surface area contributed by atoms with Gasteiger partial charge in [-0.15, -0.1) is 0 Å². The van der Waals surface area contributed by atoms with Crippen LogP contribution < -0.4 is 0 Å². The SMILES string of the molecule is N#Cc1cccc(-c2ccc(-n3c4ccc(-c5ccc(-c6ccccc6)nc5)cc4c4cc(-c5ccc(-c6ccccc6)nc5)ccc43)c(C(F)(F)F)c2-n2c3ccc(-c4ccc(-c5ccccc5)nc4)cc3c3cc(-c4ccc(-c5ccccc5)nc4)ccc32)c1.